The van der Waals surface area contributed by atoms with E-state index in [4.69, 9.17) is 4.74 Å². The Bertz CT molecular complexity index is 856. The molecule has 0 aliphatic carbocycles. The lowest BCUT2D eigenvalue weighted by Gasteiger charge is -2.31. The minimum Gasteiger partial charge on any atom is -0.459 e. The van der Waals surface area contributed by atoms with Gasteiger partial charge in [-0.3, -0.25) is 0 Å². The van der Waals surface area contributed by atoms with E-state index in [1.165, 1.54) is 4.31 Å². The number of rotatable bonds is 4. The van der Waals surface area contributed by atoms with Crippen molar-refractivity contribution in [3.05, 3.63) is 46.2 Å². The molecule has 6 nitrogen and oxygen atoms in total. The molecule has 1 aromatic heterocycles. The van der Waals surface area contributed by atoms with Crippen LogP contribution in [-0.4, -0.2) is 41.9 Å². The van der Waals surface area contributed by atoms with E-state index in [0.29, 0.717) is 18.0 Å². The van der Waals surface area contributed by atoms with Gasteiger partial charge in [0, 0.05) is 18.9 Å². The minimum atomic E-state index is -3.53. The molecule has 0 bridgehead atoms. The predicted octanol–water partition coefficient (Wildman–Crippen LogP) is 3.09. The Morgan fingerprint density at radius 3 is 2.60 bits per heavy atom. The standard InChI is InChI=1S/C17H20BrN3O3S/c1-12-5-6-16(8-13(12)2)25(22,23)21-7-3-4-15(11-21)24-17-19-9-14(18)10-20-17/h5-6,8-10,15H,3-4,7,11H2,1-2H3/t15-/m1/s1. The number of nitrogens with zero attached hydrogens (tertiary/aromatic N) is 3. The zero-order valence-corrected chi connectivity index (χ0v) is 16.5. The Morgan fingerprint density at radius 2 is 1.92 bits per heavy atom. The monoisotopic (exact) mass is 425 g/mol. The summed E-state index contributed by atoms with van der Waals surface area (Å²) in [6.07, 6.45) is 4.48. The van der Waals surface area contributed by atoms with Crippen molar-refractivity contribution >= 4 is 26.0 Å². The molecule has 1 fully saturated rings. The van der Waals surface area contributed by atoms with Crippen molar-refractivity contribution in [3.63, 3.8) is 0 Å². The Kier molecular flexibility index (Phi) is 5.41. The third kappa shape index (κ3) is 4.19. The highest BCUT2D eigenvalue weighted by Gasteiger charge is 2.31. The first-order valence-corrected chi connectivity index (χ1v) is 10.3. The van der Waals surface area contributed by atoms with Crippen LogP contribution in [0.3, 0.4) is 0 Å². The maximum atomic E-state index is 12.9. The molecule has 3 rings (SSSR count). The van der Waals surface area contributed by atoms with Gasteiger partial charge >= 0.3 is 6.01 Å². The van der Waals surface area contributed by atoms with Crippen molar-refractivity contribution in [2.45, 2.75) is 37.7 Å². The first-order valence-electron chi connectivity index (χ1n) is 8.08. The Hall–Kier alpha value is -1.51. The molecule has 2 aromatic rings. The van der Waals surface area contributed by atoms with E-state index in [-0.39, 0.29) is 12.1 Å². The van der Waals surface area contributed by atoms with Gasteiger partial charge in [0.15, 0.2) is 0 Å². The quantitative estimate of drug-likeness (QED) is 0.752. The molecule has 2 heterocycles. The maximum absolute atomic E-state index is 12.9. The number of benzene rings is 1. The van der Waals surface area contributed by atoms with Gasteiger partial charge in [-0.05, 0) is 65.9 Å². The number of sulfonamides is 1. The molecular weight excluding hydrogens is 406 g/mol. The number of piperidine rings is 1. The van der Waals surface area contributed by atoms with E-state index in [1.807, 2.05) is 19.9 Å². The van der Waals surface area contributed by atoms with Crippen molar-refractivity contribution in [2.24, 2.45) is 0 Å². The summed E-state index contributed by atoms with van der Waals surface area (Å²) < 4.78 is 33.9. The molecule has 1 aliphatic heterocycles. The van der Waals surface area contributed by atoms with Crippen molar-refractivity contribution in [3.8, 4) is 6.01 Å². The topological polar surface area (TPSA) is 72.4 Å². The zero-order chi connectivity index (χ0) is 18.0. The molecule has 0 saturated carbocycles. The van der Waals surface area contributed by atoms with E-state index >= 15 is 0 Å². The lowest BCUT2D eigenvalue weighted by molar-refractivity contribution is 0.119. The summed E-state index contributed by atoms with van der Waals surface area (Å²) in [5, 5.41) is 0. The van der Waals surface area contributed by atoms with Gasteiger partial charge in [-0.2, -0.15) is 4.31 Å². The number of hydrogen-bond donors (Lipinski definition) is 0. The van der Waals surface area contributed by atoms with Gasteiger partial charge in [0.25, 0.3) is 0 Å². The molecule has 25 heavy (non-hydrogen) atoms. The number of aryl methyl sites for hydroxylation is 2. The molecular formula is C17H20BrN3O3S. The molecule has 1 atom stereocenters. The smallest absolute Gasteiger partial charge is 0.316 e. The second-order valence-corrected chi connectivity index (χ2v) is 9.03. The van der Waals surface area contributed by atoms with Crippen LogP contribution in [0.15, 0.2) is 40.0 Å². The molecule has 0 spiro atoms. The van der Waals surface area contributed by atoms with Crippen molar-refractivity contribution in [1.82, 2.24) is 14.3 Å². The van der Waals surface area contributed by atoms with E-state index in [0.717, 1.165) is 28.4 Å². The van der Waals surface area contributed by atoms with Crippen LogP contribution < -0.4 is 4.74 Å². The predicted molar refractivity (Wildman–Crippen MR) is 98.1 cm³/mol. The lowest BCUT2D eigenvalue weighted by Crippen LogP contribution is -2.44. The minimum absolute atomic E-state index is 0.253. The first-order chi connectivity index (χ1) is 11.9. The summed E-state index contributed by atoms with van der Waals surface area (Å²) >= 11 is 3.27. The molecule has 0 amide bonds. The summed E-state index contributed by atoms with van der Waals surface area (Å²) in [6.45, 7) is 4.68. The van der Waals surface area contributed by atoms with Crippen LogP contribution in [0.25, 0.3) is 0 Å². The average molecular weight is 426 g/mol. The van der Waals surface area contributed by atoms with Crippen LogP contribution >= 0.6 is 15.9 Å². The summed E-state index contributed by atoms with van der Waals surface area (Å²) in [6, 6.07) is 5.50. The fourth-order valence-corrected chi connectivity index (χ4v) is 4.55. The zero-order valence-electron chi connectivity index (χ0n) is 14.1. The van der Waals surface area contributed by atoms with E-state index in [2.05, 4.69) is 25.9 Å². The average Bonchev–Trinajstić information content (AvgIpc) is 2.59. The van der Waals surface area contributed by atoms with Gasteiger partial charge in [-0.25, -0.2) is 18.4 Å². The SMILES string of the molecule is Cc1ccc(S(=O)(=O)N2CCC[C@@H](Oc3ncc(Br)cn3)C2)cc1C. The lowest BCUT2D eigenvalue weighted by atomic mass is 10.1. The highest BCUT2D eigenvalue weighted by molar-refractivity contribution is 9.10. The Morgan fingerprint density at radius 1 is 1.20 bits per heavy atom. The Labute approximate surface area is 156 Å². The summed E-state index contributed by atoms with van der Waals surface area (Å²) in [5.41, 5.74) is 2.04. The highest BCUT2D eigenvalue weighted by Crippen LogP contribution is 2.24. The number of ether oxygens (including phenoxy) is 1. The van der Waals surface area contributed by atoms with E-state index in [9.17, 15) is 8.42 Å². The van der Waals surface area contributed by atoms with Gasteiger partial charge in [0.1, 0.15) is 6.10 Å². The van der Waals surface area contributed by atoms with Crippen LogP contribution in [0.1, 0.15) is 24.0 Å². The van der Waals surface area contributed by atoms with Crippen LogP contribution in [0.2, 0.25) is 0 Å². The first kappa shape index (κ1) is 18.3. The van der Waals surface area contributed by atoms with Crippen LogP contribution in [0.5, 0.6) is 6.01 Å². The number of hydrogen-bond acceptors (Lipinski definition) is 5. The molecule has 0 unspecified atom stereocenters. The van der Waals surface area contributed by atoms with Gasteiger partial charge in [0.05, 0.1) is 15.9 Å². The van der Waals surface area contributed by atoms with Gasteiger partial charge < -0.3 is 4.74 Å². The molecule has 0 radical (unpaired) electrons. The molecule has 1 aliphatic rings. The number of aromatic nitrogens is 2. The maximum Gasteiger partial charge on any atom is 0.316 e. The summed E-state index contributed by atoms with van der Waals surface area (Å²) in [5.74, 6) is 0. The van der Waals surface area contributed by atoms with E-state index in [1.54, 1.807) is 24.5 Å². The van der Waals surface area contributed by atoms with Gasteiger partial charge in [0.2, 0.25) is 10.0 Å². The molecule has 1 aromatic carbocycles. The fourth-order valence-electron chi connectivity index (χ4n) is 2.75. The summed E-state index contributed by atoms with van der Waals surface area (Å²) in [4.78, 5) is 8.51. The van der Waals surface area contributed by atoms with Crippen LogP contribution in [0, 0.1) is 13.8 Å². The van der Waals surface area contributed by atoms with Crippen molar-refractivity contribution in [1.29, 1.82) is 0 Å². The normalized spacial score (nSPS) is 18.9. The molecule has 1 saturated heterocycles. The largest absolute Gasteiger partial charge is 0.459 e. The molecule has 8 heteroatoms. The van der Waals surface area contributed by atoms with Gasteiger partial charge in [-0.1, -0.05) is 6.07 Å². The third-order valence-electron chi connectivity index (χ3n) is 4.33. The second kappa shape index (κ2) is 7.39. The third-order valence-corrected chi connectivity index (χ3v) is 6.60. The Balaban J connectivity index is 1.75. The highest BCUT2D eigenvalue weighted by atomic mass is 79.9. The van der Waals surface area contributed by atoms with Gasteiger partial charge in [-0.15, -0.1) is 0 Å². The van der Waals surface area contributed by atoms with Crippen LogP contribution in [-0.2, 0) is 10.0 Å². The van der Waals surface area contributed by atoms with Crippen molar-refractivity contribution in [2.75, 3.05) is 13.1 Å². The fraction of sp³-hybridized carbons (Fsp3) is 0.412. The number of halogens is 1. The molecule has 134 valence electrons. The summed E-state index contributed by atoms with van der Waals surface area (Å²) in [7, 11) is -3.53. The van der Waals surface area contributed by atoms with Crippen molar-refractivity contribution < 1.29 is 13.2 Å². The van der Waals surface area contributed by atoms with Crippen LogP contribution in [0.4, 0.5) is 0 Å². The van der Waals surface area contributed by atoms with E-state index < -0.39 is 10.0 Å². The molecule has 0 N–H and O–H groups in total. The second-order valence-electron chi connectivity index (χ2n) is 6.18.